The molecule has 0 amide bonds. The number of aromatic nitrogens is 6. The lowest BCUT2D eigenvalue weighted by atomic mass is 10.2. The van der Waals surface area contributed by atoms with Crippen molar-refractivity contribution in [2.75, 3.05) is 5.32 Å². The van der Waals surface area contributed by atoms with Crippen molar-refractivity contribution in [2.45, 2.75) is 20.0 Å². The largest absolute Gasteiger partial charge is 0.313 e. The Morgan fingerprint density at radius 2 is 1.88 bits per heavy atom. The number of anilines is 2. The molecule has 26 heavy (non-hydrogen) atoms. The summed E-state index contributed by atoms with van der Waals surface area (Å²) >= 11 is 7.64. The Hall–Kier alpha value is -2.71. The third-order valence-corrected chi connectivity index (χ3v) is 5.00. The molecule has 132 valence electrons. The molecular formula is C17H16ClN7S. The molecule has 0 atom stereocenters. The SMILES string of the molecule is CCn1ccc(-c2nnc(Nc3ccn(Cc4ccccc4Cl)n3)s2)n1. The molecule has 3 heterocycles. The van der Waals surface area contributed by atoms with E-state index in [1.807, 2.05) is 65.1 Å². The Labute approximate surface area is 159 Å². The Morgan fingerprint density at radius 1 is 1.04 bits per heavy atom. The first-order valence-electron chi connectivity index (χ1n) is 8.12. The molecule has 1 N–H and O–H groups in total. The highest BCUT2D eigenvalue weighted by Crippen LogP contribution is 2.26. The lowest BCUT2D eigenvalue weighted by molar-refractivity contribution is 0.662. The van der Waals surface area contributed by atoms with Crippen molar-refractivity contribution in [3.05, 3.63) is 59.4 Å². The minimum absolute atomic E-state index is 0.608. The van der Waals surface area contributed by atoms with E-state index in [4.69, 9.17) is 11.6 Å². The molecule has 1 aromatic carbocycles. The van der Waals surface area contributed by atoms with Gasteiger partial charge < -0.3 is 5.32 Å². The summed E-state index contributed by atoms with van der Waals surface area (Å²) in [6.45, 7) is 3.48. The number of rotatable bonds is 6. The highest BCUT2D eigenvalue weighted by Gasteiger charge is 2.11. The summed E-state index contributed by atoms with van der Waals surface area (Å²) in [5, 5.41) is 22.7. The zero-order valence-electron chi connectivity index (χ0n) is 14.0. The van der Waals surface area contributed by atoms with E-state index in [9.17, 15) is 0 Å². The topological polar surface area (TPSA) is 73.5 Å². The molecule has 0 radical (unpaired) electrons. The van der Waals surface area contributed by atoms with E-state index in [1.165, 1.54) is 11.3 Å². The molecule has 0 aliphatic heterocycles. The number of nitrogens with one attached hydrogen (secondary N) is 1. The van der Waals surface area contributed by atoms with Crippen LogP contribution in [0.25, 0.3) is 10.7 Å². The van der Waals surface area contributed by atoms with Crippen LogP contribution in [0.1, 0.15) is 12.5 Å². The van der Waals surface area contributed by atoms with Gasteiger partial charge >= 0.3 is 0 Å². The van der Waals surface area contributed by atoms with Crippen LogP contribution in [-0.4, -0.2) is 29.8 Å². The van der Waals surface area contributed by atoms with Crippen LogP contribution >= 0.6 is 22.9 Å². The second kappa shape index (κ2) is 7.27. The van der Waals surface area contributed by atoms with Crippen molar-refractivity contribution in [3.63, 3.8) is 0 Å². The molecule has 9 heteroatoms. The zero-order valence-corrected chi connectivity index (χ0v) is 15.6. The minimum atomic E-state index is 0.608. The van der Waals surface area contributed by atoms with Gasteiger partial charge in [0.2, 0.25) is 5.13 Å². The summed E-state index contributed by atoms with van der Waals surface area (Å²) in [7, 11) is 0. The molecule has 4 aromatic rings. The van der Waals surface area contributed by atoms with Crippen LogP contribution in [0.5, 0.6) is 0 Å². The first kappa shape index (κ1) is 16.7. The first-order valence-corrected chi connectivity index (χ1v) is 9.32. The molecular weight excluding hydrogens is 370 g/mol. The fraction of sp³-hybridized carbons (Fsp3) is 0.176. The lowest BCUT2D eigenvalue weighted by Crippen LogP contribution is -2.01. The minimum Gasteiger partial charge on any atom is -0.313 e. The van der Waals surface area contributed by atoms with Gasteiger partial charge in [-0.2, -0.15) is 10.2 Å². The van der Waals surface area contributed by atoms with Gasteiger partial charge in [0.15, 0.2) is 10.8 Å². The molecule has 0 unspecified atom stereocenters. The van der Waals surface area contributed by atoms with Crippen molar-refractivity contribution in [1.82, 2.24) is 29.8 Å². The molecule has 0 aliphatic carbocycles. The number of benzene rings is 1. The Morgan fingerprint density at radius 3 is 2.69 bits per heavy atom. The molecule has 0 bridgehead atoms. The van der Waals surface area contributed by atoms with Gasteiger partial charge in [-0.3, -0.25) is 9.36 Å². The van der Waals surface area contributed by atoms with Gasteiger partial charge in [0.05, 0.1) is 6.54 Å². The van der Waals surface area contributed by atoms with Crippen molar-refractivity contribution < 1.29 is 0 Å². The summed E-state index contributed by atoms with van der Waals surface area (Å²) in [4.78, 5) is 0. The fourth-order valence-electron chi connectivity index (χ4n) is 2.46. The smallest absolute Gasteiger partial charge is 0.211 e. The lowest BCUT2D eigenvalue weighted by Gasteiger charge is -2.04. The van der Waals surface area contributed by atoms with Crippen LogP contribution in [0.4, 0.5) is 10.9 Å². The van der Waals surface area contributed by atoms with Crippen molar-refractivity contribution >= 4 is 33.9 Å². The molecule has 0 saturated heterocycles. The van der Waals surface area contributed by atoms with E-state index in [-0.39, 0.29) is 0 Å². The summed E-state index contributed by atoms with van der Waals surface area (Å²) < 4.78 is 3.69. The molecule has 7 nitrogen and oxygen atoms in total. The zero-order chi connectivity index (χ0) is 17.9. The van der Waals surface area contributed by atoms with E-state index >= 15 is 0 Å². The maximum Gasteiger partial charge on any atom is 0.211 e. The highest BCUT2D eigenvalue weighted by molar-refractivity contribution is 7.18. The number of nitrogens with zero attached hydrogens (tertiary/aromatic N) is 6. The van der Waals surface area contributed by atoms with Gasteiger partial charge in [-0.15, -0.1) is 10.2 Å². The van der Waals surface area contributed by atoms with Crippen LogP contribution in [0.2, 0.25) is 5.02 Å². The number of aryl methyl sites for hydroxylation is 1. The Bertz CT molecular complexity index is 1020. The second-order valence-corrected chi connectivity index (χ2v) is 6.97. The molecule has 0 spiro atoms. The average Bonchev–Trinajstić information content (AvgIpc) is 3.38. The second-order valence-electron chi connectivity index (χ2n) is 5.58. The summed E-state index contributed by atoms with van der Waals surface area (Å²) in [6.07, 6.45) is 3.83. The summed E-state index contributed by atoms with van der Waals surface area (Å²) in [5.74, 6) is 0.707. The standard InChI is InChI=1S/C17H16ClN7S/c1-2-24-9-7-14(22-24)16-20-21-17(26-16)19-15-8-10-25(23-15)11-12-5-3-4-6-13(12)18/h3-10H,2,11H2,1H3,(H,19,21,23). The van der Waals surface area contributed by atoms with E-state index in [0.29, 0.717) is 17.5 Å². The first-order chi connectivity index (χ1) is 12.7. The molecule has 0 saturated carbocycles. The maximum atomic E-state index is 6.20. The third kappa shape index (κ3) is 3.61. The van der Waals surface area contributed by atoms with Gasteiger partial charge in [0.25, 0.3) is 0 Å². The highest BCUT2D eigenvalue weighted by atomic mass is 35.5. The fourth-order valence-corrected chi connectivity index (χ4v) is 3.37. The number of hydrogen-bond donors (Lipinski definition) is 1. The van der Waals surface area contributed by atoms with Crippen LogP contribution in [0.3, 0.4) is 0 Å². The van der Waals surface area contributed by atoms with Gasteiger partial charge in [-0.1, -0.05) is 41.1 Å². The Balaban J connectivity index is 1.45. The van der Waals surface area contributed by atoms with Crippen LogP contribution in [0.15, 0.2) is 48.8 Å². The quantitative estimate of drug-likeness (QED) is 0.541. The van der Waals surface area contributed by atoms with Crippen LogP contribution in [0, 0.1) is 0 Å². The predicted molar refractivity (Wildman–Crippen MR) is 103 cm³/mol. The summed E-state index contributed by atoms with van der Waals surface area (Å²) in [5.41, 5.74) is 1.84. The van der Waals surface area contributed by atoms with E-state index in [1.54, 1.807) is 0 Å². The van der Waals surface area contributed by atoms with E-state index in [0.717, 1.165) is 27.8 Å². The molecule has 4 rings (SSSR count). The maximum absolute atomic E-state index is 6.20. The van der Waals surface area contributed by atoms with Crippen molar-refractivity contribution in [1.29, 1.82) is 0 Å². The number of hydrogen-bond acceptors (Lipinski definition) is 6. The van der Waals surface area contributed by atoms with Crippen molar-refractivity contribution in [3.8, 4) is 10.7 Å². The van der Waals surface area contributed by atoms with E-state index in [2.05, 4.69) is 25.7 Å². The van der Waals surface area contributed by atoms with Gasteiger partial charge in [-0.05, 0) is 24.6 Å². The molecule has 3 aromatic heterocycles. The average molecular weight is 386 g/mol. The van der Waals surface area contributed by atoms with Gasteiger partial charge in [0.1, 0.15) is 5.69 Å². The van der Waals surface area contributed by atoms with Gasteiger partial charge in [-0.25, -0.2) is 0 Å². The van der Waals surface area contributed by atoms with Crippen LogP contribution in [-0.2, 0) is 13.1 Å². The third-order valence-electron chi connectivity index (χ3n) is 3.77. The number of halogens is 1. The molecule has 0 fully saturated rings. The van der Waals surface area contributed by atoms with E-state index < -0.39 is 0 Å². The van der Waals surface area contributed by atoms with Gasteiger partial charge in [0, 0.05) is 30.0 Å². The summed E-state index contributed by atoms with van der Waals surface area (Å²) in [6, 6.07) is 11.6. The predicted octanol–water partition coefficient (Wildman–Crippen LogP) is 4.06. The van der Waals surface area contributed by atoms with Crippen LogP contribution < -0.4 is 5.32 Å². The Kier molecular flexibility index (Phi) is 4.68. The normalized spacial score (nSPS) is 11.0. The molecule has 0 aliphatic rings. The monoisotopic (exact) mass is 385 g/mol. The van der Waals surface area contributed by atoms with Crippen molar-refractivity contribution in [2.24, 2.45) is 0 Å².